The van der Waals surface area contributed by atoms with Crippen molar-refractivity contribution in [2.24, 2.45) is 5.41 Å². The maximum Gasteiger partial charge on any atom is 0.223 e. The smallest absolute Gasteiger partial charge is 0.223 e. The first-order valence-electron chi connectivity index (χ1n) is 9.07. The van der Waals surface area contributed by atoms with E-state index in [2.05, 4.69) is 18.7 Å². The molecule has 2 fully saturated rings. The van der Waals surface area contributed by atoms with Crippen molar-refractivity contribution in [2.45, 2.75) is 37.8 Å². The van der Waals surface area contributed by atoms with E-state index >= 15 is 0 Å². The van der Waals surface area contributed by atoms with E-state index in [4.69, 9.17) is 4.74 Å². The molecule has 0 aromatic heterocycles. The first-order chi connectivity index (χ1) is 12.2. The molecular weight excluding hydrogens is 352 g/mol. The van der Waals surface area contributed by atoms with Gasteiger partial charge in [-0.15, -0.1) is 0 Å². The predicted molar refractivity (Wildman–Crippen MR) is 99.5 cm³/mol. The van der Waals surface area contributed by atoms with Gasteiger partial charge in [0.1, 0.15) is 0 Å². The Morgan fingerprint density at radius 1 is 1.19 bits per heavy atom. The van der Waals surface area contributed by atoms with Crippen LogP contribution in [0.4, 0.5) is 0 Å². The van der Waals surface area contributed by atoms with Crippen LogP contribution in [0, 0.1) is 5.41 Å². The van der Waals surface area contributed by atoms with Gasteiger partial charge in [-0.25, -0.2) is 8.42 Å². The van der Waals surface area contributed by atoms with Crippen LogP contribution in [0.15, 0.2) is 29.2 Å². The van der Waals surface area contributed by atoms with Crippen LogP contribution in [-0.4, -0.2) is 69.3 Å². The predicted octanol–water partition coefficient (Wildman–Crippen LogP) is 1.55. The fraction of sp³-hybridized carbons (Fsp3) is 0.632. The van der Waals surface area contributed by atoms with Crippen LogP contribution in [0.25, 0.3) is 0 Å². The Balaban J connectivity index is 1.71. The Kier molecular flexibility index (Phi) is 5.42. The Morgan fingerprint density at radius 2 is 1.88 bits per heavy atom. The minimum absolute atomic E-state index is 0.148. The molecule has 1 spiro atoms. The molecule has 2 aliphatic rings. The van der Waals surface area contributed by atoms with E-state index in [-0.39, 0.29) is 17.4 Å². The third-order valence-electron chi connectivity index (χ3n) is 5.25. The highest BCUT2D eigenvalue weighted by atomic mass is 32.2. The molecule has 0 unspecified atom stereocenters. The molecule has 6 nitrogen and oxygen atoms in total. The summed E-state index contributed by atoms with van der Waals surface area (Å²) in [6.45, 7) is 8.47. The second kappa shape index (κ2) is 7.29. The van der Waals surface area contributed by atoms with Crippen LogP contribution in [0.1, 0.15) is 25.8 Å². The number of carbonyl (C=O) groups excluding carboxylic acids is 1. The summed E-state index contributed by atoms with van der Waals surface area (Å²) in [5.74, 6) is 0.211. The van der Waals surface area contributed by atoms with Gasteiger partial charge in [-0.05, 0) is 31.5 Å². The second-order valence-corrected chi connectivity index (χ2v) is 9.99. The van der Waals surface area contributed by atoms with Gasteiger partial charge < -0.3 is 9.64 Å². The van der Waals surface area contributed by atoms with Crippen LogP contribution >= 0.6 is 0 Å². The van der Waals surface area contributed by atoms with Gasteiger partial charge in [0.05, 0.1) is 18.1 Å². The Labute approximate surface area is 156 Å². The maximum absolute atomic E-state index is 12.4. The van der Waals surface area contributed by atoms with E-state index in [0.29, 0.717) is 24.5 Å². The molecule has 0 saturated carbocycles. The summed E-state index contributed by atoms with van der Waals surface area (Å²) in [6.07, 6.45) is 1.75. The van der Waals surface area contributed by atoms with Crippen molar-refractivity contribution < 1.29 is 17.9 Å². The van der Waals surface area contributed by atoms with Crippen LogP contribution in [0.3, 0.4) is 0 Å². The zero-order chi connectivity index (χ0) is 18.9. The lowest BCUT2D eigenvalue weighted by Crippen LogP contribution is -2.41. The minimum atomic E-state index is -3.17. The van der Waals surface area contributed by atoms with E-state index in [0.717, 1.165) is 31.7 Å². The van der Waals surface area contributed by atoms with Gasteiger partial charge in [-0.3, -0.25) is 9.69 Å². The van der Waals surface area contributed by atoms with E-state index < -0.39 is 9.84 Å². The van der Waals surface area contributed by atoms with Crippen LogP contribution in [0.2, 0.25) is 0 Å². The van der Waals surface area contributed by atoms with Crippen molar-refractivity contribution in [3.63, 3.8) is 0 Å². The summed E-state index contributed by atoms with van der Waals surface area (Å²) >= 11 is 0. The zero-order valence-electron chi connectivity index (χ0n) is 15.8. The standard InChI is InChI=1S/C19H28N2O4S/c1-15(2)21-13-19(10-18(21)22)12-20(8-9-25-14-19)11-16-4-6-17(7-5-16)26(3,23)24/h4-7,15H,8-14H2,1-3H3/t19-/m1/s1. The SMILES string of the molecule is CC(C)N1C[C@@]2(COCCN(Cc3ccc(S(C)(=O)=O)cc3)C2)CC1=O. The number of carbonyl (C=O) groups is 1. The monoisotopic (exact) mass is 380 g/mol. The molecule has 1 aromatic rings. The third-order valence-corrected chi connectivity index (χ3v) is 6.38. The van der Waals surface area contributed by atoms with Gasteiger partial charge in [-0.2, -0.15) is 0 Å². The molecular formula is C19H28N2O4S. The highest BCUT2D eigenvalue weighted by Crippen LogP contribution is 2.35. The summed E-state index contributed by atoms with van der Waals surface area (Å²) in [4.78, 5) is 17.0. The van der Waals surface area contributed by atoms with Crippen LogP contribution in [-0.2, 0) is 25.9 Å². The second-order valence-electron chi connectivity index (χ2n) is 7.97. The Morgan fingerprint density at radius 3 is 2.46 bits per heavy atom. The third kappa shape index (κ3) is 4.27. The van der Waals surface area contributed by atoms with E-state index in [1.165, 1.54) is 6.26 Å². The molecule has 0 bridgehead atoms. The van der Waals surface area contributed by atoms with Crippen LogP contribution < -0.4 is 0 Å². The number of ether oxygens (including phenoxy) is 1. The first-order valence-corrected chi connectivity index (χ1v) is 11.0. The molecule has 26 heavy (non-hydrogen) atoms. The zero-order valence-corrected chi connectivity index (χ0v) is 16.6. The molecule has 2 heterocycles. The van der Waals surface area contributed by atoms with E-state index in [1.807, 2.05) is 17.0 Å². The molecule has 2 aliphatic heterocycles. The number of nitrogens with zero attached hydrogens (tertiary/aromatic N) is 2. The van der Waals surface area contributed by atoms with Gasteiger partial charge in [-0.1, -0.05) is 12.1 Å². The number of rotatable bonds is 4. The van der Waals surface area contributed by atoms with Gasteiger partial charge >= 0.3 is 0 Å². The summed E-state index contributed by atoms with van der Waals surface area (Å²) in [7, 11) is -3.17. The summed E-state index contributed by atoms with van der Waals surface area (Å²) in [6, 6.07) is 7.27. The lowest BCUT2D eigenvalue weighted by molar-refractivity contribution is -0.129. The van der Waals surface area contributed by atoms with Crippen molar-refractivity contribution in [1.29, 1.82) is 0 Å². The molecule has 0 aliphatic carbocycles. The fourth-order valence-corrected chi connectivity index (χ4v) is 4.55. The first kappa shape index (κ1) is 19.3. The van der Waals surface area contributed by atoms with Gasteiger partial charge in [0.15, 0.2) is 9.84 Å². The topological polar surface area (TPSA) is 66.9 Å². The fourth-order valence-electron chi connectivity index (χ4n) is 3.92. The molecule has 0 radical (unpaired) electrons. The largest absolute Gasteiger partial charge is 0.379 e. The van der Waals surface area contributed by atoms with Crippen molar-refractivity contribution >= 4 is 15.7 Å². The highest BCUT2D eigenvalue weighted by molar-refractivity contribution is 7.90. The quantitative estimate of drug-likeness (QED) is 0.793. The lowest BCUT2D eigenvalue weighted by Gasteiger charge is -2.32. The summed E-state index contributed by atoms with van der Waals surface area (Å²) in [5, 5.41) is 0. The highest BCUT2D eigenvalue weighted by Gasteiger charge is 2.46. The van der Waals surface area contributed by atoms with Crippen molar-refractivity contribution in [3.8, 4) is 0 Å². The molecule has 0 N–H and O–H groups in total. The molecule has 144 valence electrons. The van der Waals surface area contributed by atoms with Gasteiger partial charge in [0, 0.05) is 50.3 Å². The van der Waals surface area contributed by atoms with Crippen molar-refractivity contribution in [2.75, 3.05) is 39.1 Å². The summed E-state index contributed by atoms with van der Waals surface area (Å²) < 4.78 is 29.0. The number of sulfone groups is 1. The molecule has 2 saturated heterocycles. The van der Waals surface area contributed by atoms with Crippen LogP contribution in [0.5, 0.6) is 0 Å². The van der Waals surface area contributed by atoms with Crippen molar-refractivity contribution in [3.05, 3.63) is 29.8 Å². The van der Waals surface area contributed by atoms with Gasteiger partial charge in [0.2, 0.25) is 5.91 Å². The van der Waals surface area contributed by atoms with E-state index in [9.17, 15) is 13.2 Å². The molecule has 7 heteroatoms. The Hall–Kier alpha value is -1.44. The number of amides is 1. The van der Waals surface area contributed by atoms with E-state index in [1.54, 1.807) is 12.1 Å². The van der Waals surface area contributed by atoms with Crippen molar-refractivity contribution in [1.82, 2.24) is 9.80 Å². The number of benzene rings is 1. The van der Waals surface area contributed by atoms with Gasteiger partial charge in [0.25, 0.3) is 0 Å². The summed E-state index contributed by atoms with van der Waals surface area (Å²) in [5.41, 5.74) is 0.921. The number of hydrogen-bond donors (Lipinski definition) is 0. The molecule has 1 aromatic carbocycles. The number of likely N-dealkylation sites (tertiary alicyclic amines) is 1. The Bertz CT molecular complexity index is 760. The molecule has 1 atom stereocenters. The minimum Gasteiger partial charge on any atom is -0.379 e. The maximum atomic E-state index is 12.4. The normalized spacial score (nSPS) is 25.2. The average Bonchev–Trinajstić information content (AvgIpc) is 2.75. The molecule has 3 rings (SSSR count). The number of hydrogen-bond acceptors (Lipinski definition) is 5. The average molecular weight is 381 g/mol. The lowest BCUT2D eigenvalue weighted by atomic mass is 9.87. The molecule has 1 amide bonds.